The van der Waals surface area contributed by atoms with Crippen molar-refractivity contribution in [3.8, 4) is 5.75 Å². The van der Waals surface area contributed by atoms with Crippen molar-refractivity contribution in [3.63, 3.8) is 0 Å². The summed E-state index contributed by atoms with van der Waals surface area (Å²) in [4.78, 5) is 51.6. The fourth-order valence-electron chi connectivity index (χ4n) is 3.83. The maximum absolute atomic E-state index is 13.2. The average Bonchev–Trinajstić information content (AvgIpc) is 3.15. The van der Waals surface area contributed by atoms with Gasteiger partial charge in [-0.05, 0) is 79.6 Å². The molecule has 4 rings (SSSR count). The van der Waals surface area contributed by atoms with Gasteiger partial charge in [0.15, 0.2) is 0 Å². The van der Waals surface area contributed by atoms with Gasteiger partial charge in [-0.1, -0.05) is 24.6 Å². The number of carbonyl (C=O) groups is 4. The molecule has 1 aliphatic rings. The van der Waals surface area contributed by atoms with Crippen molar-refractivity contribution in [2.24, 2.45) is 0 Å². The number of imide groups is 1. The minimum atomic E-state index is -0.672. The standard InChI is InChI=1S/C29H26ClN3O6/c1-4-15-39-29(37)19-8-12-21(13-9-19)32-26(34)18-6-10-20(11-7-18)31-25-24(30)27(35)33(28(25)36)22-16-17(2)5-14-23(22)38-3/h5-14,16,31H,4,15H2,1-3H3,(H,32,34). The number of hydrogen-bond acceptors (Lipinski definition) is 7. The zero-order valence-electron chi connectivity index (χ0n) is 21.5. The van der Waals surface area contributed by atoms with E-state index in [0.717, 1.165) is 16.9 Å². The molecule has 39 heavy (non-hydrogen) atoms. The van der Waals surface area contributed by atoms with Crippen LogP contribution in [0.2, 0.25) is 0 Å². The van der Waals surface area contributed by atoms with Crippen molar-refractivity contribution < 1.29 is 28.7 Å². The lowest BCUT2D eigenvalue weighted by atomic mass is 10.1. The lowest BCUT2D eigenvalue weighted by Gasteiger charge is -2.18. The number of nitrogens with one attached hydrogen (secondary N) is 2. The number of amides is 3. The Labute approximate surface area is 230 Å². The van der Waals surface area contributed by atoms with Gasteiger partial charge in [0.1, 0.15) is 16.5 Å². The van der Waals surface area contributed by atoms with Gasteiger partial charge in [0.2, 0.25) is 0 Å². The zero-order chi connectivity index (χ0) is 28.1. The van der Waals surface area contributed by atoms with Crippen LogP contribution in [0.3, 0.4) is 0 Å². The van der Waals surface area contributed by atoms with E-state index in [9.17, 15) is 19.2 Å². The first-order valence-electron chi connectivity index (χ1n) is 12.1. The molecule has 0 saturated heterocycles. The normalized spacial score (nSPS) is 13.0. The van der Waals surface area contributed by atoms with Gasteiger partial charge in [-0.25, -0.2) is 9.69 Å². The highest BCUT2D eigenvalue weighted by Gasteiger charge is 2.40. The Bertz CT molecular complexity index is 1470. The molecule has 0 fully saturated rings. The van der Waals surface area contributed by atoms with Crippen molar-refractivity contribution in [1.29, 1.82) is 0 Å². The molecule has 9 nitrogen and oxygen atoms in total. The Kier molecular flexibility index (Phi) is 8.31. The van der Waals surface area contributed by atoms with Gasteiger partial charge >= 0.3 is 5.97 Å². The topological polar surface area (TPSA) is 114 Å². The molecule has 0 aromatic heterocycles. The minimum Gasteiger partial charge on any atom is -0.495 e. The number of benzene rings is 3. The lowest BCUT2D eigenvalue weighted by molar-refractivity contribution is -0.120. The predicted octanol–water partition coefficient (Wildman–Crippen LogP) is 5.26. The second-order valence-corrected chi connectivity index (χ2v) is 9.06. The third kappa shape index (κ3) is 5.94. The molecule has 0 aliphatic carbocycles. The summed E-state index contributed by atoms with van der Waals surface area (Å²) in [7, 11) is 1.45. The first kappa shape index (κ1) is 27.4. The first-order valence-corrected chi connectivity index (χ1v) is 12.5. The molecular weight excluding hydrogens is 522 g/mol. The molecule has 0 radical (unpaired) electrons. The van der Waals surface area contributed by atoms with Crippen LogP contribution in [0.5, 0.6) is 5.75 Å². The molecule has 0 bridgehead atoms. The van der Waals surface area contributed by atoms with Gasteiger partial charge in [0.25, 0.3) is 17.7 Å². The van der Waals surface area contributed by atoms with Crippen molar-refractivity contribution in [2.75, 3.05) is 29.3 Å². The second-order valence-electron chi connectivity index (χ2n) is 8.68. The van der Waals surface area contributed by atoms with Crippen LogP contribution in [0, 0.1) is 6.92 Å². The maximum atomic E-state index is 13.2. The maximum Gasteiger partial charge on any atom is 0.338 e. The van der Waals surface area contributed by atoms with E-state index >= 15 is 0 Å². The molecule has 3 aromatic carbocycles. The monoisotopic (exact) mass is 547 g/mol. The van der Waals surface area contributed by atoms with Gasteiger partial charge in [0, 0.05) is 16.9 Å². The number of ether oxygens (including phenoxy) is 2. The third-order valence-corrected chi connectivity index (χ3v) is 6.19. The van der Waals surface area contributed by atoms with Crippen LogP contribution >= 0.6 is 11.6 Å². The van der Waals surface area contributed by atoms with E-state index in [1.54, 1.807) is 66.7 Å². The SMILES string of the molecule is CCCOC(=O)c1ccc(NC(=O)c2ccc(NC3=C(Cl)C(=O)N(c4cc(C)ccc4OC)C3=O)cc2)cc1. The molecule has 3 aromatic rings. The number of rotatable bonds is 9. The van der Waals surface area contributed by atoms with Crippen LogP contribution < -0.4 is 20.3 Å². The molecular formula is C29H26ClN3O6. The quantitative estimate of drug-likeness (QED) is 0.277. The van der Waals surface area contributed by atoms with Crippen molar-refractivity contribution in [3.05, 3.63) is 94.1 Å². The highest BCUT2D eigenvalue weighted by molar-refractivity contribution is 6.53. The Hall–Kier alpha value is -4.63. The molecule has 2 N–H and O–H groups in total. The molecule has 1 heterocycles. The smallest absolute Gasteiger partial charge is 0.338 e. The van der Waals surface area contributed by atoms with Gasteiger partial charge in [-0.2, -0.15) is 0 Å². The van der Waals surface area contributed by atoms with Crippen molar-refractivity contribution in [1.82, 2.24) is 0 Å². The van der Waals surface area contributed by atoms with Gasteiger partial charge in [0.05, 0.1) is 25.0 Å². The van der Waals surface area contributed by atoms with E-state index in [1.165, 1.54) is 7.11 Å². The number of nitrogens with zero attached hydrogens (tertiary/aromatic N) is 1. The van der Waals surface area contributed by atoms with Crippen LogP contribution in [-0.4, -0.2) is 37.4 Å². The molecule has 0 spiro atoms. The summed E-state index contributed by atoms with van der Waals surface area (Å²) < 4.78 is 10.4. The summed E-state index contributed by atoms with van der Waals surface area (Å²) in [6.45, 7) is 4.09. The molecule has 10 heteroatoms. The molecule has 1 aliphatic heterocycles. The van der Waals surface area contributed by atoms with Crippen LogP contribution in [-0.2, 0) is 14.3 Å². The molecule has 200 valence electrons. The summed E-state index contributed by atoms with van der Waals surface area (Å²) >= 11 is 6.25. The lowest BCUT2D eigenvalue weighted by Crippen LogP contribution is -2.32. The zero-order valence-corrected chi connectivity index (χ0v) is 22.3. The van der Waals surface area contributed by atoms with Gasteiger partial charge in [-0.15, -0.1) is 0 Å². The predicted molar refractivity (Wildman–Crippen MR) is 148 cm³/mol. The largest absolute Gasteiger partial charge is 0.495 e. The van der Waals surface area contributed by atoms with E-state index in [1.807, 2.05) is 13.8 Å². The van der Waals surface area contributed by atoms with E-state index in [0.29, 0.717) is 40.5 Å². The molecule has 0 unspecified atom stereocenters. The fourth-order valence-corrected chi connectivity index (χ4v) is 4.04. The minimum absolute atomic E-state index is 0.0834. The third-order valence-electron chi connectivity index (χ3n) is 5.83. The second kappa shape index (κ2) is 11.8. The highest BCUT2D eigenvalue weighted by atomic mass is 35.5. The fraction of sp³-hybridized carbons (Fsp3) is 0.172. The van der Waals surface area contributed by atoms with E-state index in [2.05, 4.69) is 10.6 Å². The summed E-state index contributed by atoms with van der Waals surface area (Å²) in [5.41, 5.74) is 2.75. The highest BCUT2D eigenvalue weighted by Crippen LogP contribution is 2.36. The van der Waals surface area contributed by atoms with Gasteiger partial charge < -0.3 is 20.1 Å². The van der Waals surface area contributed by atoms with Gasteiger partial charge in [-0.3, -0.25) is 14.4 Å². The summed E-state index contributed by atoms with van der Waals surface area (Å²) in [5.74, 6) is -1.73. The number of methoxy groups -OCH3 is 1. The van der Waals surface area contributed by atoms with E-state index < -0.39 is 17.8 Å². The Morgan fingerprint density at radius 3 is 2.18 bits per heavy atom. The molecule has 0 saturated carbocycles. The number of anilines is 3. The van der Waals surface area contributed by atoms with Crippen molar-refractivity contribution >= 4 is 52.4 Å². The molecule has 0 atom stereocenters. The summed E-state index contributed by atoms with van der Waals surface area (Å²) in [6.07, 6.45) is 0.730. The Morgan fingerprint density at radius 2 is 1.54 bits per heavy atom. The first-order chi connectivity index (χ1) is 18.7. The summed E-state index contributed by atoms with van der Waals surface area (Å²) in [5, 5.41) is 5.39. The Morgan fingerprint density at radius 1 is 0.897 bits per heavy atom. The number of carbonyl (C=O) groups excluding carboxylic acids is 4. The van der Waals surface area contributed by atoms with Crippen LogP contribution in [0.4, 0.5) is 17.1 Å². The van der Waals surface area contributed by atoms with Crippen molar-refractivity contribution in [2.45, 2.75) is 20.3 Å². The average molecular weight is 548 g/mol. The van der Waals surface area contributed by atoms with Crippen LogP contribution in [0.25, 0.3) is 0 Å². The van der Waals surface area contributed by atoms with Crippen LogP contribution in [0.1, 0.15) is 39.6 Å². The number of halogens is 1. The Balaban J connectivity index is 1.43. The number of aryl methyl sites for hydroxylation is 1. The van der Waals surface area contributed by atoms with E-state index in [-0.39, 0.29) is 16.6 Å². The van der Waals surface area contributed by atoms with E-state index in [4.69, 9.17) is 21.1 Å². The number of esters is 1. The molecule has 3 amide bonds. The number of hydrogen-bond donors (Lipinski definition) is 2. The summed E-state index contributed by atoms with van der Waals surface area (Å²) in [6, 6.07) is 17.8. The van der Waals surface area contributed by atoms with Crippen LogP contribution in [0.15, 0.2) is 77.5 Å².